The number of nitrogens with zero attached hydrogens (tertiary/aromatic N) is 2. The molecule has 0 aliphatic carbocycles. The van der Waals surface area contributed by atoms with Gasteiger partial charge in [0.2, 0.25) is 11.8 Å². The molecule has 0 bridgehead atoms. The predicted molar refractivity (Wildman–Crippen MR) is 110 cm³/mol. The molecule has 1 N–H and O–H groups in total. The lowest BCUT2D eigenvalue weighted by atomic mass is 9.91. The van der Waals surface area contributed by atoms with Gasteiger partial charge >= 0.3 is 0 Å². The summed E-state index contributed by atoms with van der Waals surface area (Å²) in [5.41, 5.74) is 0.235. The molecule has 2 aromatic rings. The number of hydrogen-bond acceptors (Lipinski definition) is 6. The van der Waals surface area contributed by atoms with E-state index >= 15 is 0 Å². The molecule has 9 heteroatoms. The molecule has 0 radical (unpaired) electrons. The van der Waals surface area contributed by atoms with Crippen molar-refractivity contribution in [3.8, 4) is 0 Å². The molecule has 0 atom stereocenters. The van der Waals surface area contributed by atoms with Crippen LogP contribution < -0.4 is 5.32 Å². The molecule has 0 spiro atoms. The Balaban J connectivity index is 1.65. The number of carbonyl (C=O) groups is 2. The standard InChI is InChI=1S/C19H25N3O4S2/c1-19(2,3)17(24)22-9-7-12(8-10-22)16(23)21-18-20-14-6-5-13(28(4,25)26)11-15(14)27-18/h5-6,11-12H,7-10H2,1-4H3,(H,20,21,23). The van der Waals surface area contributed by atoms with Crippen LogP contribution in [0, 0.1) is 11.3 Å². The normalized spacial score (nSPS) is 16.4. The van der Waals surface area contributed by atoms with Gasteiger partial charge in [0, 0.05) is 30.7 Å². The molecule has 152 valence electrons. The Bertz CT molecular complexity index is 1010. The summed E-state index contributed by atoms with van der Waals surface area (Å²) in [5, 5.41) is 3.31. The molecule has 3 rings (SSSR count). The van der Waals surface area contributed by atoms with Crippen LogP contribution in [0.15, 0.2) is 23.1 Å². The number of rotatable bonds is 3. The zero-order valence-electron chi connectivity index (χ0n) is 16.5. The van der Waals surface area contributed by atoms with Gasteiger partial charge in [-0.05, 0) is 31.0 Å². The fourth-order valence-corrected chi connectivity index (χ4v) is 4.85. The fourth-order valence-electron chi connectivity index (χ4n) is 3.22. The van der Waals surface area contributed by atoms with Gasteiger partial charge in [-0.3, -0.25) is 9.59 Å². The minimum atomic E-state index is -3.29. The lowest BCUT2D eigenvalue weighted by Crippen LogP contribution is -2.45. The highest BCUT2D eigenvalue weighted by atomic mass is 32.2. The molecule has 2 amide bonds. The van der Waals surface area contributed by atoms with Crippen molar-refractivity contribution in [3.05, 3.63) is 18.2 Å². The Labute approximate surface area is 169 Å². The molecule has 0 saturated carbocycles. The lowest BCUT2D eigenvalue weighted by Gasteiger charge is -2.35. The van der Waals surface area contributed by atoms with Gasteiger partial charge in [0.1, 0.15) is 0 Å². The van der Waals surface area contributed by atoms with E-state index in [1.54, 1.807) is 12.1 Å². The quantitative estimate of drug-likeness (QED) is 0.819. The highest BCUT2D eigenvalue weighted by Crippen LogP contribution is 2.30. The van der Waals surface area contributed by atoms with E-state index in [2.05, 4.69) is 10.3 Å². The van der Waals surface area contributed by atoms with E-state index in [9.17, 15) is 18.0 Å². The van der Waals surface area contributed by atoms with E-state index in [0.717, 1.165) is 6.26 Å². The summed E-state index contributed by atoms with van der Waals surface area (Å²) in [6.07, 6.45) is 2.40. The number of nitrogens with one attached hydrogen (secondary N) is 1. The smallest absolute Gasteiger partial charge is 0.229 e. The minimum absolute atomic E-state index is 0.106. The molecule has 1 aromatic heterocycles. The first-order chi connectivity index (χ1) is 12.9. The summed E-state index contributed by atoms with van der Waals surface area (Å²) in [5.74, 6) is -0.160. The zero-order valence-corrected chi connectivity index (χ0v) is 18.1. The van der Waals surface area contributed by atoms with Crippen molar-refractivity contribution in [1.82, 2.24) is 9.88 Å². The summed E-state index contributed by atoms with van der Waals surface area (Å²) < 4.78 is 24.1. The van der Waals surface area contributed by atoms with Gasteiger partial charge in [-0.2, -0.15) is 0 Å². The molecule has 0 unspecified atom stereocenters. The number of anilines is 1. The first-order valence-electron chi connectivity index (χ1n) is 9.16. The number of fused-ring (bicyclic) bond motifs is 1. The number of amides is 2. The number of likely N-dealkylation sites (tertiary alicyclic amines) is 1. The van der Waals surface area contributed by atoms with Crippen LogP contribution in [0.3, 0.4) is 0 Å². The number of hydrogen-bond donors (Lipinski definition) is 1. The molecule has 1 aromatic carbocycles. The SMILES string of the molecule is CC(C)(C)C(=O)N1CCC(C(=O)Nc2nc3ccc(S(C)(=O)=O)cc3s2)CC1. The Morgan fingerprint density at radius 3 is 2.43 bits per heavy atom. The first-order valence-corrected chi connectivity index (χ1v) is 11.9. The monoisotopic (exact) mass is 423 g/mol. The van der Waals surface area contributed by atoms with Crippen molar-refractivity contribution >= 4 is 48.3 Å². The first kappa shape index (κ1) is 20.7. The summed E-state index contributed by atoms with van der Waals surface area (Å²) in [7, 11) is -3.29. The number of carbonyl (C=O) groups excluding carboxylic acids is 2. The number of piperidine rings is 1. The predicted octanol–water partition coefficient (Wildman–Crippen LogP) is 2.92. The van der Waals surface area contributed by atoms with E-state index in [-0.39, 0.29) is 22.6 Å². The van der Waals surface area contributed by atoms with Crippen LogP contribution in [0.1, 0.15) is 33.6 Å². The van der Waals surface area contributed by atoms with Gasteiger partial charge < -0.3 is 10.2 Å². The third-order valence-electron chi connectivity index (χ3n) is 4.81. The van der Waals surface area contributed by atoms with Crippen molar-refractivity contribution in [1.29, 1.82) is 0 Å². The van der Waals surface area contributed by atoms with Crippen LogP contribution in [-0.2, 0) is 19.4 Å². The molecular weight excluding hydrogens is 398 g/mol. The van der Waals surface area contributed by atoms with E-state index < -0.39 is 15.3 Å². The Hall–Kier alpha value is -2.00. The van der Waals surface area contributed by atoms with Gasteiger partial charge in [0.05, 0.1) is 15.1 Å². The van der Waals surface area contributed by atoms with Gasteiger partial charge in [-0.15, -0.1) is 0 Å². The second-order valence-corrected chi connectivity index (χ2v) is 11.3. The molecule has 1 saturated heterocycles. The summed E-state index contributed by atoms with van der Waals surface area (Å²) in [6.45, 7) is 6.85. The molecule has 28 heavy (non-hydrogen) atoms. The Kier molecular flexibility index (Phi) is 5.51. The second kappa shape index (κ2) is 7.44. The molecule has 7 nitrogen and oxygen atoms in total. The van der Waals surface area contributed by atoms with Gasteiger partial charge in [-0.25, -0.2) is 13.4 Å². The van der Waals surface area contributed by atoms with Gasteiger partial charge in [-0.1, -0.05) is 32.1 Å². The maximum atomic E-state index is 12.6. The highest BCUT2D eigenvalue weighted by molar-refractivity contribution is 7.90. The summed E-state index contributed by atoms with van der Waals surface area (Å²) in [4.78, 5) is 31.4. The average molecular weight is 424 g/mol. The number of thiazole rings is 1. The average Bonchev–Trinajstić information content (AvgIpc) is 3.01. The van der Waals surface area contributed by atoms with Crippen LogP contribution in [0.25, 0.3) is 10.2 Å². The van der Waals surface area contributed by atoms with Crippen LogP contribution in [0.4, 0.5) is 5.13 Å². The number of aromatic nitrogens is 1. The van der Waals surface area contributed by atoms with Crippen LogP contribution in [0.2, 0.25) is 0 Å². The van der Waals surface area contributed by atoms with Crippen molar-refractivity contribution in [3.63, 3.8) is 0 Å². The summed E-state index contributed by atoms with van der Waals surface area (Å²) >= 11 is 1.26. The third kappa shape index (κ3) is 4.52. The maximum absolute atomic E-state index is 12.6. The Morgan fingerprint density at radius 1 is 1.21 bits per heavy atom. The molecule has 1 fully saturated rings. The Morgan fingerprint density at radius 2 is 1.86 bits per heavy atom. The lowest BCUT2D eigenvalue weighted by molar-refractivity contribution is -0.142. The van der Waals surface area contributed by atoms with Gasteiger partial charge in [0.25, 0.3) is 0 Å². The second-order valence-electron chi connectivity index (χ2n) is 8.23. The van der Waals surface area contributed by atoms with E-state index in [1.165, 1.54) is 17.4 Å². The summed E-state index contributed by atoms with van der Waals surface area (Å²) in [6, 6.07) is 4.74. The van der Waals surface area contributed by atoms with E-state index in [0.29, 0.717) is 41.3 Å². The minimum Gasteiger partial charge on any atom is -0.342 e. The fraction of sp³-hybridized carbons (Fsp3) is 0.526. The van der Waals surface area contributed by atoms with Gasteiger partial charge in [0.15, 0.2) is 15.0 Å². The molecule has 2 heterocycles. The van der Waals surface area contributed by atoms with E-state index in [1.807, 2.05) is 25.7 Å². The topological polar surface area (TPSA) is 96.4 Å². The van der Waals surface area contributed by atoms with Crippen molar-refractivity contribution in [2.75, 3.05) is 24.7 Å². The van der Waals surface area contributed by atoms with E-state index in [4.69, 9.17) is 0 Å². The molecule has 1 aliphatic heterocycles. The van der Waals surface area contributed by atoms with Crippen molar-refractivity contribution in [2.24, 2.45) is 11.3 Å². The van der Waals surface area contributed by atoms with Crippen LogP contribution in [0.5, 0.6) is 0 Å². The molecular formula is C19H25N3O4S2. The zero-order chi connectivity index (χ0) is 20.7. The molecule has 1 aliphatic rings. The third-order valence-corrected chi connectivity index (χ3v) is 6.86. The maximum Gasteiger partial charge on any atom is 0.229 e. The number of sulfone groups is 1. The van der Waals surface area contributed by atoms with Crippen molar-refractivity contribution in [2.45, 2.75) is 38.5 Å². The number of benzene rings is 1. The largest absolute Gasteiger partial charge is 0.342 e. The highest BCUT2D eigenvalue weighted by Gasteiger charge is 2.32. The van der Waals surface area contributed by atoms with Crippen LogP contribution in [-0.4, -0.2) is 49.5 Å². The van der Waals surface area contributed by atoms with Crippen LogP contribution >= 0.6 is 11.3 Å². The van der Waals surface area contributed by atoms with Crippen molar-refractivity contribution < 1.29 is 18.0 Å².